The van der Waals surface area contributed by atoms with E-state index in [-0.39, 0.29) is 17.5 Å². The average molecular weight is 371 g/mol. The first-order valence-electron chi connectivity index (χ1n) is 8.59. The fourth-order valence-electron chi connectivity index (χ4n) is 3.29. The molecule has 1 aromatic carbocycles. The maximum atomic E-state index is 11.7. The molecule has 1 atom stereocenters. The van der Waals surface area contributed by atoms with Gasteiger partial charge in [0, 0.05) is 25.3 Å². The van der Waals surface area contributed by atoms with Gasteiger partial charge in [-0.25, -0.2) is 13.4 Å². The van der Waals surface area contributed by atoms with Crippen LogP contribution in [0, 0.1) is 0 Å². The number of anilines is 1. The number of nitrogens with two attached hydrogens (primary N) is 1. The maximum Gasteiger partial charge on any atom is 0.160 e. The number of benzene rings is 1. The molecular weight excluding hydrogens is 350 g/mol. The summed E-state index contributed by atoms with van der Waals surface area (Å²) in [5.74, 6) is 1.06. The Bertz CT molecular complexity index is 1030. The van der Waals surface area contributed by atoms with Gasteiger partial charge in [0.15, 0.2) is 21.3 Å². The molecular formula is C18H21N5O2S. The highest BCUT2D eigenvalue weighted by atomic mass is 32.2. The summed E-state index contributed by atoms with van der Waals surface area (Å²) in [7, 11) is -2.94. The van der Waals surface area contributed by atoms with Crippen LogP contribution >= 0.6 is 0 Å². The Morgan fingerprint density at radius 1 is 1.15 bits per heavy atom. The SMILES string of the molecule is C[C@@H](N)c1ccc(-c2ccnc3[nH]nc(N4CCS(=O)(=O)CC4)c23)cc1. The highest BCUT2D eigenvalue weighted by Crippen LogP contribution is 2.34. The number of rotatable bonds is 3. The molecule has 1 aliphatic heterocycles. The van der Waals surface area contributed by atoms with Crippen molar-refractivity contribution in [3.63, 3.8) is 0 Å². The van der Waals surface area contributed by atoms with E-state index in [1.54, 1.807) is 6.20 Å². The Balaban J connectivity index is 1.77. The van der Waals surface area contributed by atoms with Crippen LogP contribution in [0.15, 0.2) is 36.5 Å². The molecule has 0 aliphatic carbocycles. The van der Waals surface area contributed by atoms with E-state index in [0.29, 0.717) is 18.7 Å². The average Bonchev–Trinajstić information content (AvgIpc) is 3.06. The van der Waals surface area contributed by atoms with Gasteiger partial charge in [-0.05, 0) is 29.7 Å². The Morgan fingerprint density at radius 3 is 2.50 bits per heavy atom. The van der Waals surface area contributed by atoms with Gasteiger partial charge in [0.2, 0.25) is 0 Å². The van der Waals surface area contributed by atoms with Gasteiger partial charge in [0.25, 0.3) is 0 Å². The Morgan fingerprint density at radius 2 is 1.85 bits per heavy atom. The first-order chi connectivity index (χ1) is 12.4. The topological polar surface area (TPSA) is 105 Å². The van der Waals surface area contributed by atoms with E-state index in [1.807, 2.05) is 42.2 Å². The number of sulfone groups is 1. The minimum atomic E-state index is -2.94. The van der Waals surface area contributed by atoms with Crippen LogP contribution < -0.4 is 10.6 Å². The van der Waals surface area contributed by atoms with Crippen molar-refractivity contribution in [3.8, 4) is 11.1 Å². The number of nitrogens with zero attached hydrogens (tertiary/aromatic N) is 3. The van der Waals surface area contributed by atoms with Crippen LogP contribution in [0.1, 0.15) is 18.5 Å². The predicted molar refractivity (Wildman–Crippen MR) is 103 cm³/mol. The summed E-state index contributed by atoms with van der Waals surface area (Å²) in [4.78, 5) is 6.39. The number of nitrogens with one attached hydrogen (secondary N) is 1. The van der Waals surface area contributed by atoms with Crippen molar-refractivity contribution in [2.75, 3.05) is 29.5 Å². The van der Waals surface area contributed by atoms with Gasteiger partial charge in [-0.3, -0.25) is 5.10 Å². The minimum Gasteiger partial charge on any atom is -0.353 e. The monoisotopic (exact) mass is 371 g/mol. The molecule has 0 saturated carbocycles. The summed E-state index contributed by atoms with van der Waals surface area (Å²) < 4.78 is 23.5. The van der Waals surface area contributed by atoms with Crippen molar-refractivity contribution in [1.82, 2.24) is 15.2 Å². The van der Waals surface area contributed by atoms with E-state index in [0.717, 1.165) is 27.9 Å². The quantitative estimate of drug-likeness (QED) is 0.728. The van der Waals surface area contributed by atoms with E-state index in [1.165, 1.54) is 0 Å². The zero-order valence-corrected chi connectivity index (χ0v) is 15.3. The van der Waals surface area contributed by atoms with E-state index < -0.39 is 9.84 Å². The molecule has 136 valence electrons. The predicted octanol–water partition coefficient (Wildman–Crippen LogP) is 1.88. The first-order valence-corrected chi connectivity index (χ1v) is 10.4. The van der Waals surface area contributed by atoms with Crippen molar-refractivity contribution >= 4 is 26.7 Å². The van der Waals surface area contributed by atoms with Crippen LogP contribution in [-0.4, -0.2) is 48.2 Å². The van der Waals surface area contributed by atoms with Crippen molar-refractivity contribution in [1.29, 1.82) is 0 Å². The maximum absolute atomic E-state index is 11.7. The molecule has 0 bridgehead atoms. The normalized spacial score (nSPS) is 18.2. The van der Waals surface area contributed by atoms with Gasteiger partial charge < -0.3 is 10.6 Å². The fraction of sp³-hybridized carbons (Fsp3) is 0.333. The molecule has 1 fully saturated rings. The third-order valence-corrected chi connectivity index (χ3v) is 6.44. The van der Waals surface area contributed by atoms with Crippen molar-refractivity contribution in [2.45, 2.75) is 13.0 Å². The fourth-order valence-corrected chi connectivity index (χ4v) is 4.50. The summed E-state index contributed by atoms with van der Waals surface area (Å²) >= 11 is 0. The van der Waals surface area contributed by atoms with E-state index >= 15 is 0 Å². The third kappa shape index (κ3) is 3.06. The highest BCUT2D eigenvalue weighted by Gasteiger charge is 2.25. The van der Waals surface area contributed by atoms with Gasteiger partial charge in [-0.1, -0.05) is 24.3 Å². The zero-order chi connectivity index (χ0) is 18.3. The summed E-state index contributed by atoms with van der Waals surface area (Å²) in [5, 5.41) is 8.31. The van der Waals surface area contributed by atoms with Gasteiger partial charge in [0.1, 0.15) is 0 Å². The molecule has 1 aliphatic rings. The van der Waals surface area contributed by atoms with Gasteiger partial charge >= 0.3 is 0 Å². The molecule has 7 nitrogen and oxygen atoms in total. The molecule has 0 amide bonds. The lowest BCUT2D eigenvalue weighted by molar-refractivity contribution is 0.586. The molecule has 3 heterocycles. The van der Waals surface area contributed by atoms with Crippen LogP contribution in [-0.2, 0) is 9.84 Å². The minimum absolute atomic E-state index is 0.0127. The van der Waals surface area contributed by atoms with Crippen LogP contribution in [0.5, 0.6) is 0 Å². The van der Waals surface area contributed by atoms with E-state index in [2.05, 4.69) is 15.2 Å². The molecule has 1 saturated heterocycles. The van der Waals surface area contributed by atoms with E-state index in [9.17, 15) is 8.42 Å². The molecule has 2 aromatic heterocycles. The van der Waals surface area contributed by atoms with Crippen LogP contribution in [0.4, 0.5) is 5.82 Å². The molecule has 26 heavy (non-hydrogen) atoms. The zero-order valence-electron chi connectivity index (χ0n) is 14.5. The first kappa shape index (κ1) is 17.0. The second kappa shape index (κ2) is 6.37. The van der Waals surface area contributed by atoms with Crippen LogP contribution in [0.3, 0.4) is 0 Å². The number of aromatic nitrogens is 3. The Labute approximate surface area is 152 Å². The van der Waals surface area contributed by atoms with Crippen molar-refractivity contribution < 1.29 is 8.42 Å². The molecule has 0 radical (unpaired) electrons. The standard InChI is InChI=1S/C18H21N5O2S/c1-12(19)13-2-4-14(5-3-13)15-6-7-20-17-16(15)18(22-21-17)23-8-10-26(24,25)11-9-23/h2-7,12H,8-11,19H2,1H3,(H,20,21,22)/t12-/m1/s1. The van der Waals surface area contributed by atoms with E-state index in [4.69, 9.17) is 5.73 Å². The highest BCUT2D eigenvalue weighted by molar-refractivity contribution is 7.91. The number of aromatic amines is 1. The second-order valence-electron chi connectivity index (χ2n) is 6.68. The summed E-state index contributed by atoms with van der Waals surface area (Å²) in [6.45, 7) is 2.85. The lowest BCUT2D eigenvalue weighted by atomic mass is 10.00. The smallest absolute Gasteiger partial charge is 0.160 e. The number of hydrogen-bond donors (Lipinski definition) is 2. The Kier molecular flexibility index (Phi) is 4.16. The lowest BCUT2D eigenvalue weighted by Crippen LogP contribution is -2.40. The molecule has 4 rings (SSSR count). The van der Waals surface area contributed by atoms with Gasteiger partial charge in [-0.15, -0.1) is 0 Å². The molecule has 3 aromatic rings. The Hall–Kier alpha value is -2.45. The number of H-pyrrole nitrogens is 1. The van der Waals surface area contributed by atoms with Crippen LogP contribution in [0.25, 0.3) is 22.2 Å². The molecule has 3 N–H and O–H groups in total. The molecule has 8 heteroatoms. The van der Waals surface area contributed by atoms with Crippen molar-refractivity contribution in [2.24, 2.45) is 5.73 Å². The molecule has 0 spiro atoms. The number of pyridine rings is 1. The van der Waals surface area contributed by atoms with Gasteiger partial charge in [-0.2, -0.15) is 5.10 Å². The second-order valence-corrected chi connectivity index (χ2v) is 8.98. The summed E-state index contributed by atoms with van der Waals surface area (Å²) in [6, 6.07) is 10.1. The lowest BCUT2D eigenvalue weighted by Gasteiger charge is -2.27. The van der Waals surface area contributed by atoms with Crippen molar-refractivity contribution in [3.05, 3.63) is 42.1 Å². The number of hydrogen-bond acceptors (Lipinski definition) is 6. The third-order valence-electron chi connectivity index (χ3n) is 4.83. The summed E-state index contributed by atoms with van der Waals surface area (Å²) in [6.07, 6.45) is 1.75. The summed E-state index contributed by atoms with van der Waals surface area (Å²) in [5.41, 5.74) is 9.78. The molecule has 0 unspecified atom stereocenters. The van der Waals surface area contributed by atoms with Gasteiger partial charge in [0.05, 0.1) is 16.9 Å². The largest absolute Gasteiger partial charge is 0.353 e. The number of fused-ring (bicyclic) bond motifs is 1. The van der Waals surface area contributed by atoms with Crippen LogP contribution in [0.2, 0.25) is 0 Å².